The molecule has 1 amide bonds. The first-order chi connectivity index (χ1) is 9.11. The predicted octanol–water partition coefficient (Wildman–Crippen LogP) is 0.671. The average molecular weight is 260 g/mol. The standard InChI is InChI=1S/C12H16N6O/c1-8-3-11(17-13)10(6-14-8)12(19)18(2)7-9-4-15-16-5-9/h3-6H,7,13H2,1-2H3,(H,14,17)(H,15,16). The van der Waals surface area contributed by atoms with Crippen LogP contribution in [0.5, 0.6) is 0 Å². The largest absolute Gasteiger partial charge is 0.337 e. The van der Waals surface area contributed by atoms with Crippen LogP contribution in [0.2, 0.25) is 0 Å². The van der Waals surface area contributed by atoms with Crippen molar-refractivity contribution in [3.63, 3.8) is 0 Å². The number of rotatable bonds is 4. The van der Waals surface area contributed by atoms with Crippen molar-refractivity contribution in [2.75, 3.05) is 12.5 Å². The highest BCUT2D eigenvalue weighted by atomic mass is 16.2. The molecule has 100 valence electrons. The molecule has 0 aliphatic carbocycles. The van der Waals surface area contributed by atoms with E-state index in [1.165, 1.54) is 6.20 Å². The van der Waals surface area contributed by atoms with Crippen molar-refractivity contribution < 1.29 is 4.79 Å². The van der Waals surface area contributed by atoms with Crippen LogP contribution >= 0.6 is 0 Å². The lowest BCUT2D eigenvalue weighted by atomic mass is 10.2. The number of carbonyl (C=O) groups excluding carboxylic acids is 1. The number of aromatic amines is 1. The molecule has 0 aliphatic rings. The summed E-state index contributed by atoms with van der Waals surface area (Å²) >= 11 is 0. The van der Waals surface area contributed by atoms with Gasteiger partial charge in [-0.05, 0) is 13.0 Å². The Labute approximate surface area is 110 Å². The van der Waals surface area contributed by atoms with Gasteiger partial charge in [-0.15, -0.1) is 0 Å². The van der Waals surface area contributed by atoms with E-state index in [4.69, 9.17) is 5.84 Å². The second kappa shape index (κ2) is 5.49. The van der Waals surface area contributed by atoms with E-state index in [-0.39, 0.29) is 5.91 Å². The smallest absolute Gasteiger partial charge is 0.257 e. The van der Waals surface area contributed by atoms with E-state index in [2.05, 4.69) is 20.6 Å². The Balaban J connectivity index is 2.19. The first kappa shape index (κ1) is 13.0. The summed E-state index contributed by atoms with van der Waals surface area (Å²) in [7, 11) is 1.72. The molecule has 0 radical (unpaired) electrons. The summed E-state index contributed by atoms with van der Waals surface area (Å²) < 4.78 is 0. The van der Waals surface area contributed by atoms with Crippen LogP contribution < -0.4 is 11.3 Å². The predicted molar refractivity (Wildman–Crippen MR) is 71.2 cm³/mol. The van der Waals surface area contributed by atoms with Gasteiger partial charge in [-0.25, -0.2) is 0 Å². The number of nitrogens with two attached hydrogens (primary N) is 1. The molecule has 2 aromatic heterocycles. The quantitative estimate of drug-likeness (QED) is 0.554. The third-order valence-corrected chi connectivity index (χ3v) is 2.75. The number of nitrogens with one attached hydrogen (secondary N) is 2. The minimum Gasteiger partial charge on any atom is -0.337 e. The molecule has 0 aliphatic heterocycles. The Morgan fingerprint density at radius 3 is 2.95 bits per heavy atom. The SMILES string of the molecule is Cc1cc(NN)c(C(=O)N(C)Cc2cn[nH]c2)cn1. The molecule has 0 unspecified atom stereocenters. The average Bonchev–Trinajstić information content (AvgIpc) is 2.90. The molecular weight excluding hydrogens is 244 g/mol. The second-order valence-corrected chi connectivity index (χ2v) is 4.28. The van der Waals surface area contributed by atoms with Crippen LogP contribution in [0.15, 0.2) is 24.7 Å². The van der Waals surface area contributed by atoms with Crippen LogP contribution in [0.3, 0.4) is 0 Å². The third-order valence-electron chi connectivity index (χ3n) is 2.75. The van der Waals surface area contributed by atoms with Crippen molar-refractivity contribution >= 4 is 11.6 Å². The van der Waals surface area contributed by atoms with Crippen LogP contribution in [0, 0.1) is 6.92 Å². The van der Waals surface area contributed by atoms with Crippen molar-refractivity contribution in [3.05, 3.63) is 41.5 Å². The Bertz CT molecular complexity index is 566. The van der Waals surface area contributed by atoms with Gasteiger partial charge in [0, 0.05) is 37.2 Å². The number of hydrogen-bond donors (Lipinski definition) is 3. The zero-order valence-electron chi connectivity index (χ0n) is 10.8. The molecule has 0 saturated heterocycles. The number of nitrogen functional groups attached to an aromatic ring is 1. The van der Waals surface area contributed by atoms with Gasteiger partial charge < -0.3 is 10.3 Å². The molecule has 2 aromatic rings. The number of carbonyl (C=O) groups is 1. The Morgan fingerprint density at radius 2 is 2.32 bits per heavy atom. The van der Waals surface area contributed by atoms with E-state index in [1.54, 1.807) is 30.4 Å². The van der Waals surface area contributed by atoms with Crippen molar-refractivity contribution in [2.24, 2.45) is 5.84 Å². The van der Waals surface area contributed by atoms with Gasteiger partial charge >= 0.3 is 0 Å². The van der Waals surface area contributed by atoms with Gasteiger partial charge in [0.05, 0.1) is 17.4 Å². The lowest BCUT2D eigenvalue weighted by molar-refractivity contribution is 0.0785. The highest BCUT2D eigenvalue weighted by molar-refractivity contribution is 5.99. The fraction of sp³-hybridized carbons (Fsp3) is 0.250. The maximum Gasteiger partial charge on any atom is 0.257 e. The Morgan fingerprint density at radius 1 is 1.53 bits per heavy atom. The van der Waals surface area contributed by atoms with Gasteiger partial charge in [0.2, 0.25) is 0 Å². The molecule has 0 bridgehead atoms. The highest BCUT2D eigenvalue weighted by Crippen LogP contribution is 2.17. The third kappa shape index (κ3) is 2.89. The van der Waals surface area contributed by atoms with E-state index in [0.29, 0.717) is 17.8 Å². The molecule has 2 heterocycles. The van der Waals surface area contributed by atoms with Crippen molar-refractivity contribution in [1.82, 2.24) is 20.1 Å². The summed E-state index contributed by atoms with van der Waals surface area (Å²) in [6.45, 7) is 2.30. The molecule has 2 rings (SSSR count). The normalized spacial score (nSPS) is 10.3. The second-order valence-electron chi connectivity index (χ2n) is 4.28. The molecule has 0 fully saturated rings. The van der Waals surface area contributed by atoms with Crippen LogP contribution in [-0.4, -0.2) is 33.0 Å². The molecule has 0 aromatic carbocycles. The Kier molecular flexibility index (Phi) is 3.76. The monoisotopic (exact) mass is 260 g/mol. The fourth-order valence-electron chi connectivity index (χ4n) is 1.77. The lowest BCUT2D eigenvalue weighted by Crippen LogP contribution is -2.27. The highest BCUT2D eigenvalue weighted by Gasteiger charge is 2.16. The number of aryl methyl sites for hydroxylation is 1. The van der Waals surface area contributed by atoms with E-state index < -0.39 is 0 Å². The van der Waals surface area contributed by atoms with Gasteiger partial charge in [-0.3, -0.25) is 20.7 Å². The number of nitrogens with zero attached hydrogens (tertiary/aromatic N) is 3. The van der Waals surface area contributed by atoms with Crippen molar-refractivity contribution in [1.29, 1.82) is 0 Å². The van der Waals surface area contributed by atoms with Gasteiger partial charge in [0.1, 0.15) is 0 Å². The minimum absolute atomic E-state index is 0.151. The summed E-state index contributed by atoms with van der Waals surface area (Å²) in [5.74, 6) is 5.28. The van der Waals surface area contributed by atoms with Gasteiger partial charge in [0.25, 0.3) is 5.91 Å². The first-order valence-electron chi connectivity index (χ1n) is 5.78. The van der Waals surface area contributed by atoms with Crippen LogP contribution in [0.1, 0.15) is 21.6 Å². The molecule has 0 saturated carbocycles. The number of pyridine rings is 1. The first-order valence-corrected chi connectivity index (χ1v) is 5.78. The minimum atomic E-state index is -0.151. The summed E-state index contributed by atoms with van der Waals surface area (Å²) in [6, 6.07) is 1.74. The van der Waals surface area contributed by atoms with Gasteiger partial charge in [-0.1, -0.05) is 0 Å². The van der Waals surface area contributed by atoms with E-state index in [9.17, 15) is 4.79 Å². The van der Waals surface area contributed by atoms with Gasteiger partial charge in [-0.2, -0.15) is 5.10 Å². The summed E-state index contributed by atoms with van der Waals surface area (Å²) in [5.41, 5.74) is 5.26. The molecule has 0 spiro atoms. The van der Waals surface area contributed by atoms with E-state index in [1.807, 2.05) is 6.92 Å². The zero-order chi connectivity index (χ0) is 13.8. The van der Waals surface area contributed by atoms with Gasteiger partial charge in [0.15, 0.2) is 0 Å². The summed E-state index contributed by atoms with van der Waals surface area (Å²) in [5, 5.41) is 6.56. The molecule has 19 heavy (non-hydrogen) atoms. The number of H-pyrrole nitrogens is 1. The van der Waals surface area contributed by atoms with Crippen molar-refractivity contribution in [2.45, 2.75) is 13.5 Å². The lowest BCUT2D eigenvalue weighted by Gasteiger charge is -2.18. The molecule has 4 N–H and O–H groups in total. The van der Waals surface area contributed by atoms with Crippen LogP contribution in [0.4, 0.5) is 5.69 Å². The number of hydrazine groups is 1. The van der Waals surface area contributed by atoms with E-state index >= 15 is 0 Å². The molecule has 7 heteroatoms. The molecule has 7 nitrogen and oxygen atoms in total. The maximum atomic E-state index is 12.3. The Hall–Kier alpha value is -2.41. The maximum absolute atomic E-state index is 12.3. The number of amides is 1. The van der Waals surface area contributed by atoms with Crippen molar-refractivity contribution in [3.8, 4) is 0 Å². The fourth-order valence-corrected chi connectivity index (χ4v) is 1.77. The van der Waals surface area contributed by atoms with Crippen LogP contribution in [0.25, 0.3) is 0 Å². The molecule has 0 atom stereocenters. The number of aromatic nitrogens is 3. The zero-order valence-corrected chi connectivity index (χ0v) is 10.8. The molecular formula is C12H16N6O. The number of anilines is 1. The number of hydrogen-bond acceptors (Lipinski definition) is 5. The summed E-state index contributed by atoms with van der Waals surface area (Å²) in [4.78, 5) is 18.0. The summed E-state index contributed by atoms with van der Waals surface area (Å²) in [6.07, 6.45) is 4.96. The topological polar surface area (TPSA) is 99.9 Å². The van der Waals surface area contributed by atoms with Crippen LogP contribution in [-0.2, 0) is 6.54 Å². The van der Waals surface area contributed by atoms with E-state index in [0.717, 1.165) is 11.3 Å².